The van der Waals surface area contributed by atoms with Gasteiger partial charge in [-0.15, -0.1) is 0 Å². The van der Waals surface area contributed by atoms with Crippen molar-refractivity contribution in [3.8, 4) is 0 Å². The summed E-state index contributed by atoms with van der Waals surface area (Å²) < 4.78 is 29.3. The molecule has 0 radical (unpaired) electrons. The van der Waals surface area contributed by atoms with Crippen LogP contribution in [0.15, 0.2) is 23.1 Å². The van der Waals surface area contributed by atoms with E-state index in [-0.39, 0.29) is 29.2 Å². The molecule has 1 aliphatic heterocycles. The van der Waals surface area contributed by atoms with E-state index < -0.39 is 15.1 Å². The summed E-state index contributed by atoms with van der Waals surface area (Å²) in [4.78, 5) is 0.186. The molecule has 0 bridgehead atoms. The van der Waals surface area contributed by atoms with Crippen LogP contribution in [-0.4, -0.2) is 32.9 Å². The van der Waals surface area contributed by atoms with Crippen molar-refractivity contribution in [2.24, 2.45) is 5.73 Å². The molecule has 0 saturated carbocycles. The maximum Gasteiger partial charge on any atom is 0.187 e. The first kappa shape index (κ1) is 13.8. The Labute approximate surface area is 112 Å². The van der Waals surface area contributed by atoms with Gasteiger partial charge in [-0.2, -0.15) is 0 Å². The fourth-order valence-electron chi connectivity index (χ4n) is 1.85. The third kappa shape index (κ3) is 2.69. The summed E-state index contributed by atoms with van der Waals surface area (Å²) in [6.07, 6.45) is 0.673. The van der Waals surface area contributed by atoms with E-state index in [2.05, 4.69) is 0 Å². The molecule has 0 spiro atoms. The fraction of sp³-hybridized carbons (Fsp3) is 0.500. The topological polar surface area (TPSA) is 69.4 Å². The van der Waals surface area contributed by atoms with E-state index >= 15 is 0 Å². The highest BCUT2D eigenvalue weighted by Gasteiger charge is 2.35. The van der Waals surface area contributed by atoms with E-state index in [4.69, 9.17) is 22.1 Å². The van der Waals surface area contributed by atoms with Crippen LogP contribution >= 0.6 is 11.6 Å². The maximum absolute atomic E-state index is 12.2. The van der Waals surface area contributed by atoms with Gasteiger partial charge in [0.2, 0.25) is 0 Å². The van der Waals surface area contributed by atoms with Crippen molar-refractivity contribution in [1.29, 1.82) is 0 Å². The highest BCUT2D eigenvalue weighted by molar-refractivity contribution is 7.92. The van der Waals surface area contributed by atoms with Gasteiger partial charge in [-0.3, -0.25) is 0 Å². The van der Waals surface area contributed by atoms with E-state index in [1.165, 1.54) is 0 Å². The number of nitrogens with two attached hydrogens (primary N) is 1. The van der Waals surface area contributed by atoms with Crippen LogP contribution in [-0.2, 0) is 21.0 Å². The maximum atomic E-state index is 12.2. The van der Waals surface area contributed by atoms with Crippen LogP contribution < -0.4 is 5.73 Å². The normalized spacial score (nSPS) is 18.4. The van der Waals surface area contributed by atoms with Crippen LogP contribution in [0.4, 0.5) is 0 Å². The Morgan fingerprint density at radius 1 is 1.50 bits per heavy atom. The van der Waals surface area contributed by atoms with Gasteiger partial charge in [0, 0.05) is 6.04 Å². The third-order valence-corrected chi connectivity index (χ3v) is 5.45. The second-order valence-corrected chi connectivity index (χ2v) is 7.25. The predicted octanol–water partition coefficient (Wildman–Crippen LogP) is 1.40. The Hall–Kier alpha value is -0.620. The minimum atomic E-state index is -3.37. The molecule has 0 amide bonds. The molecule has 1 aromatic carbocycles. The van der Waals surface area contributed by atoms with Gasteiger partial charge in [0.05, 0.1) is 23.1 Å². The summed E-state index contributed by atoms with van der Waals surface area (Å²) in [7, 11) is -3.37. The number of ether oxygens (including phenoxy) is 1. The summed E-state index contributed by atoms with van der Waals surface area (Å²) in [6.45, 7) is 2.39. The molecule has 1 aliphatic rings. The first-order valence-corrected chi connectivity index (χ1v) is 7.69. The van der Waals surface area contributed by atoms with Crippen molar-refractivity contribution in [3.05, 3.63) is 28.8 Å². The Bertz CT molecular complexity index is 538. The average molecular weight is 290 g/mol. The van der Waals surface area contributed by atoms with Gasteiger partial charge >= 0.3 is 0 Å². The van der Waals surface area contributed by atoms with Crippen LogP contribution in [0.2, 0.25) is 5.02 Å². The molecule has 100 valence electrons. The number of sulfone groups is 1. The Morgan fingerprint density at radius 2 is 2.17 bits per heavy atom. The van der Waals surface area contributed by atoms with Gasteiger partial charge < -0.3 is 10.5 Å². The SMILES string of the molecule is CC(N)Cc1ccc(S(=O)(=O)C2COC2)c(Cl)c1. The molecule has 0 aromatic heterocycles. The van der Waals surface area contributed by atoms with E-state index in [9.17, 15) is 8.42 Å². The monoisotopic (exact) mass is 289 g/mol. The molecule has 1 atom stereocenters. The van der Waals surface area contributed by atoms with E-state index in [0.717, 1.165) is 5.56 Å². The van der Waals surface area contributed by atoms with Crippen LogP contribution in [0, 0.1) is 0 Å². The van der Waals surface area contributed by atoms with Crippen molar-refractivity contribution in [3.63, 3.8) is 0 Å². The molecule has 1 fully saturated rings. The van der Waals surface area contributed by atoms with Gasteiger partial charge in [0.15, 0.2) is 9.84 Å². The molecular weight excluding hydrogens is 274 g/mol. The van der Waals surface area contributed by atoms with Crippen molar-refractivity contribution in [2.75, 3.05) is 13.2 Å². The Balaban J connectivity index is 2.29. The lowest BCUT2D eigenvalue weighted by Gasteiger charge is -2.26. The predicted molar refractivity (Wildman–Crippen MR) is 70.6 cm³/mol. The molecular formula is C12H16ClNO3S. The lowest BCUT2D eigenvalue weighted by atomic mass is 10.1. The summed E-state index contributed by atoms with van der Waals surface area (Å²) in [5.74, 6) is 0. The van der Waals surface area contributed by atoms with Crippen molar-refractivity contribution in [1.82, 2.24) is 0 Å². The van der Waals surface area contributed by atoms with Gasteiger partial charge in [-0.05, 0) is 31.0 Å². The Morgan fingerprint density at radius 3 is 2.61 bits per heavy atom. The lowest BCUT2D eigenvalue weighted by Crippen LogP contribution is -2.40. The minimum Gasteiger partial charge on any atom is -0.379 e. The highest BCUT2D eigenvalue weighted by Crippen LogP contribution is 2.28. The molecule has 18 heavy (non-hydrogen) atoms. The molecule has 4 nitrogen and oxygen atoms in total. The van der Waals surface area contributed by atoms with Crippen LogP contribution in [0.3, 0.4) is 0 Å². The minimum absolute atomic E-state index is 0.0172. The van der Waals surface area contributed by atoms with Gasteiger partial charge in [0.1, 0.15) is 5.25 Å². The zero-order valence-corrected chi connectivity index (χ0v) is 11.7. The highest BCUT2D eigenvalue weighted by atomic mass is 35.5. The van der Waals surface area contributed by atoms with E-state index in [0.29, 0.717) is 6.42 Å². The quantitative estimate of drug-likeness (QED) is 0.910. The van der Waals surface area contributed by atoms with Gasteiger partial charge in [-0.1, -0.05) is 17.7 Å². The van der Waals surface area contributed by atoms with Crippen LogP contribution in [0.25, 0.3) is 0 Å². The summed E-state index contributed by atoms with van der Waals surface area (Å²) >= 11 is 6.06. The number of halogens is 1. The number of hydrogen-bond acceptors (Lipinski definition) is 4. The summed E-state index contributed by atoms with van der Waals surface area (Å²) in [5.41, 5.74) is 6.64. The van der Waals surface area contributed by atoms with Crippen LogP contribution in [0.1, 0.15) is 12.5 Å². The largest absolute Gasteiger partial charge is 0.379 e. The molecule has 1 unspecified atom stereocenters. The number of rotatable bonds is 4. The first-order chi connectivity index (χ1) is 8.41. The van der Waals surface area contributed by atoms with Crippen LogP contribution in [0.5, 0.6) is 0 Å². The fourth-order valence-corrected chi connectivity index (χ4v) is 3.87. The molecule has 1 heterocycles. The second kappa shape index (κ2) is 5.17. The van der Waals surface area contributed by atoms with Gasteiger partial charge in [-0.25, -0.2) is 8.42 Å². The van der Waals surface area contributed by atoms with Crippen molar-refractivity contribution >= 4 is 21.4 Å². The summed E-state index contributed by atoms with van der Waals surface area (Å²) in [6, 6.07) is 5.02. The molecule has 2 N–H and O–H groups in total. The molecule has 2 rings (SSSR count). The molecule has 0 aliphatic carbocycles. The van der Waals surface area contributed by atoms with E-state index in [1.807, 2.05) is 6.92 Å². The first-order valence-electron chi connectivity index (χ1n) is 5.77. The molecule has 6 heteroatoms. The number of benzene rings is 1. The standard InChI is InChI=1S/C12H16ClNO3S/c1-8(14)4-9-2-3-12(11(13)5-9)18(15,16)10-6-17-7-10/h2-3,5,8,10H,4,6-7,14H2,1H3. The lowest BCUT2D eigenvalue weighted by molar-refractivity contribution is 0.0416. The molecule has 1 saturated heterocycles. The summed E-state index contributed by atoms with van der Waals surface area (Å²) in [5, 5.41) is -0.200. The third-order valence-electron chi connectivity index (χ3n) is 2.91. The average Bonchev–Trinajstić information content (AvgIpc) is 2.11. The smallest absolute Gasteiger partial charge is 0.187 e. The number of hydrogen-bond donors (Lipinski definition) is 1. The zero-order chi connectivity index (χ0) is 13.3. The second-order valence-electron chi connectivity index (χ2n) is 4.65. The van der Waals surface area contributed by atoms with Crippen molar-refractivity contribution in [2.45, 2.75) is 29.5 Å². The Kier molecular flexibility index (Phi) is 3.96. The van der Waals surface area contributed by atoms with Gasteiger partial charge in [0.25, 0.3) is 0 Å². The molecule has 1 aromatic rings. The zero-order valence-electron chi connectivity index (χ0n) is 10.1. The van der Waals surface area contributed by atoms with Crippen molar-refractivity contribution < 1.29 is 13.2 Å². The van der Waals surface area contributed by atoms with E-state index in [1.54, 1.807) is 18.2 Å².